The van der Waals surface area contributed by atoms with Gasteiger partial charge in [0.15, 0.2) is 6.10 Å². The van der Waals surface area contributed by atoms with Crippen LogP contribution in [-0.4, -0.2) is 23.0 Å². The Morgan fingerprint density at radius 2 is 1.64 bits per heavy atom. The van der Waals surface area contributed by atoms with E-state index in [1.165, 1.54) is 6.92 Å². The van der Waals surface area contributed by atoms with Crippen LogP contribution in [0.15, 0.2) is 72.8 Å². The molecule has 0 unspecified atom stereocenters. The maximum atomic E-state index is 13.3. The number of carbonyl (C=O) groups is 2. The molecular weight excluding hydrogens is 459 g/mol. The number of anilines is 1. The lowest BCUT2D eigenvalue weighted by Crippen LogP contribution is -2.30. The van der Waals surface area contributed by atoms with E-state index < -0.39 is 18.0 Å². The van der Waals surface area contributed by atoms with Crippen molar-refractivity contribution in [3.63, 3.8) is 0 Å². The van der Waals surface area contributed by atoms with Crippen molar-refractivity contribution >= 4 is 51.7 Å². The third-order valence-corrected chi connectivity index (χ3v) is 6.07. The van der Waals surface area contributed by atoms with Gasteiger partial charge < -0.3 is 10.1 Å². The molecule has 1 aromatic heterocycles. The predicted octanol–water partition coefficient (Wildman–Crippen LogP) is 6.70. The molecule has 0 aliphatic rings. The molecule has 1 amide bonds. The monoisotopic (exact) mass is 478 g/mol. The molecule has 0 bridgehead atoms. The molecule has 1 N–H and O–H groups in total. The summed E-state index contributed by atoms with van der Waals surface area (Å²) in [6, 6.07) is 21.9. The van der Waals surface area contributed by atoms with E-state index in [4.69, 9.17) is 32.9 Å². The van der Waals surface area contributed by atoms with Crippen molar-refractivity contribution in [2.24, 2.45) is 0 Å². The highest BCUT2D eigenvalue weighted by Gasteiger charge is 2.25. The second-order valence-electron chi connectivity index (χ2n) is 7.48. The molecular formula is C26H20Cl2N2O3. The van der Waals surface area contributed by atoms with Gasteiger partial charge in [0.25, 0.3) is 5.91 Å². The second-order valence-corrected chi connectivity index (χ2v) is 8.27. The highest BCUT2D eigenvalue weighted by molar-refractivity contribution is 6.44. The lowest BCUT2D eigenvalue weighted by atomic mass is 9.98. The SMILES string of the molecule is Cc1c(-c2ccccc2)nc2ccccc2c1C(=O)O[C@@H](C)C(=O)Nc1cccc(Cl)c1Cl. The minimum Gasteiger partial charge on any atom is -0.449 e. The minimum absolute atomic E-state index is 0.217. The van der Waals surface area contributed by atoms with E-state index in [0.717, 1.165) is 5.56 Å². The zero-order chi connectivity index (χ0) is 23.5. The molecule has 0 aliphatic carbocycles. The summed E-state index contributed by atoms with van der Waals surface area (Å²) < 4.78 is 5.57. The molecule has 166 valence electrons. The number of pyridine rings is 1. The Morgan fingerprint density at radius 1 is 0.939 bits per heavy atom. The number of esters is 1. The van der Waals surface area contributed by atoms with E-state index in [1.807, 2.05) is 61.5 Å². The van der Waals surface area contributed by atoms with E-state index >= 15 is 0 Å². The van der Waals surface area contributed by atoms with Crippen LogP contribution in [-0.2, 0) is 9.53 Å². The van der Waals surface area contributed by atoms with Gasteiger partial charge in [-0.15, -0.1) is 0 Å². The molecule has 0 aliphatic heterocycles. The highest BCUT2D eigenvalue weighted by atomic mass is 35.5. The Hall–Kier alpha value is -3.41. The third kappa shape index (κ3) is 4.70. The Morgan fingerprint density at radius 3 is 2.39 bits per heavy atom. The second kappa shape index (κ2) is 9.61. The number of nitrogens with zero attached hydrogens (tertiary/aromatic N) is 1. The normalized spacial score (nSPS) is 11.8. The van der Waals surface area contributed by atoms with Crippen molar-refractivity contribution in [2.75, 3.05) is 5.32 Å². The smallest absolute Gasteiger partial charge is 0.339 e. The average Bonchev–Trinajstić information content (AvgIpc) is 2.82. The van der Waals surface area contributed by atoms with E-state index in [9.17, 15) is 9.59 Å². The van der Waals surface area contributed by atoms with Gasteiger partial charge in [-0.1, -0.05) is 77.8 Å². The number of hydrogen-bond donors (Lipinski definition) is 1. The number of nitrogens with one attached hydrogen (secondary N) is 1. The Labute approximate surface area is 201 Å². The van der Waals surface area contributed by atoms with Crippen LogP contribution in [0.25, 0.3) is 22.2 Å². The van der Waals surface area contributed by atoms with Gasteiger partial charge in [-0.3, -0.25) is 4.79 Å². The molecule has 0 fully saturated rings. The summed E-state index contributed by atoms with van der Waals surface area (Å²) in [6.07, 6.45) is -1.07. The van der Waals surface area contributed by atoms with Crippen LogP contribution in [0, 0.1) is 6.92 Å². The van der Waals surface area contributed by atoms with Crippen LogP contribution in [0.2, 0.25) is 10.0 Å². The van der Waals surface area contributed by atoms with Gasteiger partial charge in [0.05, 0.1) is 32.5 Å². The number of halogens is 2. The summed E-state index contributed by atoms with van der Waals surface area (Å²) in [7, 11) is 0. The topological polar surface area (TPSA) is 68.3 Å². The van der Waals surface area contributed by atoms with Crippen molar-refractivity contribution in [3.8, 4) is 11.3 Å². The molecule has 4 aromatic rings. The molecule has 5 nitrogen and oxygen atoms in total. The van der Waals surface area contributed by atoms with Crippen LogP contribution < -0.4 is 5.32 Å². The Bertz CT molecular complexity index is 1360. The first kappa shape index (κ1) is 22.8. The average molecular weight is 479 g/mol. The standard InChI is InChI=1S/C26H20Cl2N2O3/c1-15-22(18-11-6-7-13-20(18)29-24(15)17-9-4-3-5-10-17)26(32)33-16(2)25(31)30-21-14-8-12-19(27)23(21)28/h3-14,16H,1-2H3,(H,30,31)/t16-/m0/s1. The largest absolute Gasteiger partial charge is 0.449 e. The molecule has 0 spiro atoms. The van der Waals surface area contributed by atoms with Gasteiger partial charge in [0.1, 0.15) is 0 Å². The summed E-state index contributed by atoms with van der Waals surface area (Å²) in [5, 5.41) is 3.84. The molecule has 0 saturated carbocycles. The zero-order valence-corrected chi connectivity index (χ0v) is 19.4. The summed E-state index contributed by atoms with van der Waals surface area (Å²) in [5.41, 5.74) is 3.63. The van der Waals surface area contributed by atoms with Crippen LogP contribution in [0.4, 0.5) is 5.69 Å². The fourth-order valence-corrected chi connectivity index (χ4v) is 3.90. The van der Waals surface area contributed by atoms with Gasteiger partial charge in [-0.05, 0) is 37.6 Å². The molecule has 1 atom stereocenters. The number of hydrogen-bond acceptors (Lipinski definition) is 4. The van der Waals surface area contributed by atoms with Crippen LogP contribution >= 0.6 is 23.2 Å². The van der Waals surface area contributed by atoms with Gasteiger partial charge >= 0.3 is 5.97 Å². The summed E-state index contributed by atoms with van der Waals surface area (Å²) in [4.78, 5) is 30.7. The van der Waals surface area contributed by atoms with E-state index in [-0.39, 0.29) is 5.02 Å². The molecule has 33 heavy (non-hydrogen) atoms. The number of aromatic nitrogens is 1. The highest BCUT2D eigenvalue weighted by Crippen LogP contribution is 2.31. The molecule has 0 saturated heterocycles. The maximum Gasteiger partial charge on any atom is 0.339 e. The van der Waals surface area contributed by atoms with Gasteiger partial charge in [-0.25, -0.2) is 9.78 Å². The number of amides is 1. The lowest BCUT2D eigenvalue weighted by Gasteiger charge is -2.17. The zero-order valence-electron chi connectivity index (χ0n) is 17.9. The number of rotatable bonds is 5. The Balaban J connectivity index is 1.65. The first-order valence-corrected chi connectivity index (χ1v) is 11.0. The summed E-state index contributed by atoms with van der Waals surface area (Å²) >= 11 is 12.1. The molecule has 1 heterocycles. The van der Waals surface area contributed by atoms with Gasteiger partial charge in [0.2, 0.25) is 0 Å². The maximum absolute atomic E-state index is 13.3. The first-order chi connectivity index (χ1) is 15.9. The third-order valence-electron chi connectivity index (χ3n) is 5.25. The number of carbonyl (C=O) groups excluding carboxylic acids is 2. The minimum atomic E-state index is -1.07. The van der Waals surface area contributed by atoms with Crippen molar-refractivity contribution in [3.05, 3.63) is 94.0 Å². The van der Waals surface area contributed by atoms with Crippen molar-refractivity contribution in [1.82, 2.24) is 4.98 Å². The number of fused-ring (bicyclic) bond motifs is 1. The van der Waals surface area contributed by atoms with Gasteiger partial charge in [0, 0.05) is 10.9 Å². The molecule has 3 aromatic carbocycles. The fourth-order valence-electron chi connectivity index (χ4n) is 3.56. The number of para-hydroxylation sites is 1. The summed E-state index contributed by atoms with van der Waals surface area (Å²) in [5.74, 6) is -1.13. The molecule has 4 rings (SSSR count). The van der Waals surface area contributed by atoms with E-state index in [2.05, 4.69) is 5.32 Å². The van der Waals surface area contributed by atoms with Gasteiger partial charge in [-0.2, -0.15) is 0 Å². The van der Waals surface area contributed by atoms with E-state index in [1.54, 1.807) is 18.2 Å². The van der Waals surface area contributed by atoms with Crippen LogP contribution in [0.3, 0.4) is 0 Å². The predicted molar refractivity (Wildman–Crippen MR) is 132 cm³/mol. The lowest BCUT2D eigenvalue weighted by molar-refractivity contribution is -0.123. The molecule has 7 heteroatoms. The first-order valence-electron chi connectivity index (χ1n) is 10.3. The summed E-state index contributed by atoms with van der Waals surface area (Å²) in [6.45, 7) is 3.33. The Kier molecular flexibility index (Phi) is 6.63. The quantitative estimate of drug-likeness (QED) is 0.324. The van der Waals surface area contributed by atoms with Crippen LogP contribution in [0.1, 0.15) is 22.8 Å². The van der Waals surface area contributed by atoms with Crippen LogP contribution in [0.5, 0.6) is 0 Å². The van der Waals surface area contributed by atoms with Crippen molar-refractivity contribution in [1.29, 1.82) is 0 Å². The molecule has 0 radical (unpaired) electrons. The number of benzene rings is 3. The number of ether oxygens (including phenoxy) is 1. The fraction of sp³-hybridized carbons (Fsp3) is 0.115. The van der Waals surface area contributed by atoms with E-state index in [0.29, 0.717) is 38.4 Å². The van der Waals surface area contributed by atoms with Crippen molar-refractivity contribution < 1.29 is 14.3 Å². The van der Waals surface area contributed by atoms with Crippen molar-refractivity contribution in [2.45, 2.75) is 20.0 Å².